The van der Waals surface area contributed by atoms with Gasteiger partial charge in [0.25, 0.3) is 0 Å². The van der Waals surface area contributed by atoms with Crippen LogP contribution in [0, 0.1) is 0 Å². The molecule has 0 atom stereocenters. The smallest absolute Gasteiger partial charge is 0.244 e. The number of likely N-dealkylation sites (N-methyl/N-ethyl adjacent to an activating group) is 1. The van der Waals surface area contributed by atoms with Crippen LogP contribution < -0.4 is 10.6 Å². The molecule has 0 aliphatic carbocycles. The van der Waals surface area contributed by atoms with Gasteiger partial charge >= 0.3 is 0 Å². The van der Waals surface area contributed by atoms with Crippen LogP contribution in [0.2, 0.25) is 0 Å². The molecule has 0 aromatic carbocycles. The molecule has 2 N–H and O–H groups in total. The van der Waals surface area contributed by atoms with Crippen molar-refractivity contribution in [3.05, 3.63) is 12.4 Å². The molecule has 0 saturated heterocycles. The SMILES string of the molecule is CCn1cc(NC(=O)C(C)(C)NC)cn1. The Morgan fingerprint density at radius 1 is 1.60 bits per heavy atom. The highest BCUT2D eigenvalue weighted by Crippen LogP contribution is 2.09. The van der Waals surface area contributed by atoms with Crippen molar-refractivity contribution in [3.8, 4) is 0 Å². The maximum absolute atomic E-state index is 11.8. The van der Waals surface area contributed by atoms with Crippen molar-refractivity contribution in [2.75, 3.05) is 12.4 Å². The Morgan fingerprint density at radius 2 is 2.27 bits per heavy atom. The molecule has 0 radical (unpaired) electrons. The predicted octanol–water partition coefficient (Wildman–Crippen LogP) is 0.839. The molecule has 1 aromatic rings. The van der Waals surface area contributed by atoms with Gasteiger partial charge in [-0.25, -0.2) is 0 Å². The second kappa shape index (κ2) is 4.44. The highest BCUT2D eigenvalue weighted by molar-refractivity contribution is 5.97. The van der Waals surface area contributed by atoms with Crippen molar-refractivity contribution in [2.24, 2.45) is 0 Å². The molecule has 0 unspecified atom stereocenters. The van der Waals surface area contributed by atoms with Crippen LogP contribution in [-0.2, 0) is 11.3 Å². The van der Waals surface area contributed by atoms with Gasteiger partial charge in [-0.2, -0.15) is 5.10 Å². The summed E-state index contributed by atoms with van der Waals surface area (Å²) in [6.45, 7) is 6.45. The average molecular weight is 210 g/mol. The first-order chi connectivity index (χ1) is 6.99. The monoisotopic (exact) mass is 210 g/mol. The van der Waals surface area contributed by atoms with E-state index >= 15 is 0 Å². The molecule has 15 heavy (non-hydrogen) atoms. The van der Waals surface area contributed by atoms with E-state index in [0.29, 0.717) is 0 Å². The first kappa shape index (κ1) is 11.7. The molecule has 0 saturated carbocycles. The molecule has 0 bridgehead atoms. The summed E-state index contributed by atoms with van der Waals surface area (Å²) in [5.41, 5.74) is 0.152. The van der Waals surface area contributed by atoms with Gasteiger partial charge in [-0.05, 0) is 27.8 Å². The standard InChI is InChI=1S/C10H18N4O/c1-5-14-7-8(6-12-14)13-9(15)10(2,3)11-4/h6-7,11H,5H2,1-4H3,(H,13,15). The molecule has 0 spiro atoms. The number of nitrogens with zero attached hydrogens (tertiary/aromatic N) is 2. The van der Waals surface area contributed by atoms with E-state index in [4.69, 9.17) is 0 Å². The zero-order valence-electron chi connectivity index (χ0n) is 9.66. The van der Waals surface area contributed by atoms with Crippen LogP contribution >= 0.6 is 0 Å². The van der Waals surface area contributed by atoms with Gasteiger partial charge in [-0.3, -0.25) is 9.48 Å². The van der Waals surface area contributed by atoms with E-state index in [1.165, 1.54) is 0 Å². The summed E-state index contributed by atoms with van der Waals surface area (Å²) in [7, 11) is 1.76. The van der Waals surface area contributed by atoms with Crippen molar-refractivity contribution in [1.29, 1.82) is 0 Å². The zero-order valence-corrected chi connectivity index (χ0v) is 9.66. The minimum absolute atomic E-state index is 0.0688. The van der Waals surface area contributed by atoms with E-state index in [-0.39, 0.29) is 5.91 Å². The molecule has 0 aliphatic heterocycles. The van der Waals surface area contributed by atoms with E-state index in [9.17, 15) is 4.79 Å². The highest BCUT2D eigenvalue weighted by Gasteiger charge is 2.25. The summed E-state index contributed by atoms with van der Waals surface area (Å²) < 4.78 is 1.77. The largest absolute Gasteiger partial charge is 0.322 e. The number of hydrogen-bond donors (Lipinski definition) is 2. The third-order valence-corrected chi connectivity index (χ3v) is 2.41. The number of carbonyl (C=O) groups excluding carboxylic acids is 1. The van der Waals surface area contributed by atoms with Gasteiger partial charge in [0.05, 0.1) is 17.4 Å². The van der Waals surface area contributed by atoms with Gasteiger partial charge < -0.3 is 10.6 Å². The summed E-state index contributed by atoms with van der Waals surface area (Å²) in [4.78, 5) is 11.8. The Bertz CT molecular complexity index is 343. The lowest BCUT2D eigenvalue weighted by Crippen LogP contribution is -2.47. The van der Waals surface area contributed by atoms with E-state index in [1.807, 2.05) is 27.0 Å². The van der Waals surface area contributed by atoms with Crippen LogP contribution in [0.5, 0.6) is 0 Å². The van der Waals surface area contributed by atoms with Crippen LogP contribution in [0.4, 0.5) is 5.69 Å². The van der Waals surface area contributed by atoms with E-state index < -0.39 is 5.54 Å². The summed E-state index contributed by atoms with van der Waals surface area (Å²) in [5.74, 6) is -0.0688. The van der Waals surface area contributed by atoms with Crippen LogP contribution in [0.1, 0.15) is 20.8 Å². The molecule has 1 amide bonds. The first-order valence-corrected chi connectivity index (χ1v) is 5.02. The first-order valence-electron chi connectivity index (χ1n) is 5.02. The van der Waals surface area contributed by atoms with E-state index in [1.54, 1.807) is 17.9 Å². The molecule has 0 aliphatic rings. The lowest BCUT2D eigenvalue weighted by Gasteiger charge is -2.22. The van der Waals surface area contributed by atoms with Gasteiger partial charge in [-0.15, -0.1) is 0 Å². The van der Waals surface area contributed by atoms with Gasteiger partial charge in [0.1, 0.15) is 0 Å². The van der Waals surface area contributed by atoms with Gasteiger partial charge in [0, 0.05) is 12.7 Å². The fraction of sp³-hybridized carbons (Fsp3) is 0.600. The average Bonchev–Trinajstić information content (AvgIpc) is 2.65. The highest BCUT2D eigenvalue weighted by atomic mass is 16.2. The van der Waals surface area contributed by atoms with E-state index in [2.05, 4.69) is 15.7 Å². The molecule has 1 heterocycles. The molecule has 5 nitrogen and oxygen atoms in total. The second-order valence-electron chi connectivity index (χ2n) is 3.91. The number of carbonyl (C=O) groups is 1. The number of amides is 1. The lowest BCUT2D eigenvalue weighted by molar-refractivity contribution is -0.121. The Morgan fingerprint density at radius 3 is 2.73 bits per heavy atom. The fourth-order valence-corrected chi connectivity index (χ4v) is 1.00. The van der Waals surface area contributed by atoms with Gasteiger partial charge in [0.15, 0.2) is 0 Å². The molecular weight excluding hydrogens is 192 g/mol. The maximum atomic E-state index is 11.8. The molecular formula is C10H18N4O. The summed E-state index contributed by atoms with van der Waals surface area (Å²) in [6.07, 6.45) is 3.46. The van der Waals surface area contributed by atoms with Crippen LogP contribution in [0.15, 0.2) is 12.4 Å². The van der Waals surface area contributed by atoms with E-state index in [0.717, 1.165) is 12.2 Å². The normalized spacial score (nSPS) is 11.5. The van der Waals surface area contributed by atoms with Crippen LogP contribution in [0.25, 0.3) is 0 Å². The number of rotatable bonds is 4. The number of hydrogen-bond acceptors (Lipinski definition) is 3. The molecule has 1 rings (SSSR count). The second-order valence-corrected chi connectivity index (χ2v) is 3.91. The van der Waals surface area contributed by atoms with Crippen LogP contribution in [-0.4, -0.2) is 28.3 Å². The van der Waals surface area contributed by atoms with Crippen molar-refractivity contribution < 1.29 is 4.79 Å². The minimum Gasteiger partial charge on any atom is -0.322 e. The predicted molar refractivity (Wildman–Crippen MR) is 59.7 cm³/mol. The number of aromatic nitrogens is 2. The number of nitrogens with one attached hydrogen (secondary N) is 2. The number of anilines is 1. The lowest BCUT2D eigenvalue weighted by atomic mass is 10.1. The van der Waals surface area contributed by atoms with Crippen molar-refractivity contribution in [3.63, 3.8) is 0 Å². The zero-order chi connectivity index (χ0) is 11.5. The Balaban J connectivity index is 2.66. The quantitative estimate of drug-likeness (QED) is 0.774. The summed E-state index contributed by atoms with van der Waals surface area (Å²) >= 11 is 0. The van der Waals surface area contributed by atoms with Crippen LogP contribution in [0.3, 0.4) is 0 Å². The minimum atomic E-state index is -0.575. The summed E-state index contributed by atoms with van der Waals surface area (Å²) in [6, 6.07) is 0. The summed E-state index contributed by atoms with van der Waals surface area (Å²) in [5, 5.41) is 9.82. The number of aryl methyl sites for hydroxylation is 1. The van der Waals surface area contributed by atoms with Crippen molar-refractivity contribution in [2.45, 2.75) is 32.9 Å². The maximum Gasteiger partial charge on any atom is 0.244 e. The molecule has 84 valence electrons. The molecule has 0 fully saturated rings. The van der Waals surface area contributed by atoms with Crippen molar-refractivity contribution >= 4 is 11.6 Å². The third-order valence-electron chi connectivity index (χ3n) is 2.41. The molecule has 5 heteroatoms. The van der Waals surface area contributed by atoms with Gasteiger partial charge in [-0.1, -0.05) is 0 Å². The topological polar surface area (TPSA) is 59.0 Å². The Labute approximate surface area is 89.9 Å². The van der Waals surface area contributed by atoms with Gasteiger partial charge in [0.2, 0.25) is 5.91 Å². The molecule has 1 aromatic heterocycles. The van der Waals surface area contributed by atoms with Crippen molar-refractivity contribution in [1.82, 2.24) is 15.1 Å². The Hall–Kier alpha value is -1.36. The fourth-order valence-electron chi connectivity index (χ4n) is 1.00. The Kier molecular flexibility index (Phi) is 3.47. The third kappa shape index (κ3) is 2.79.